The first-order valence-electron chi connectivity index (χ1n) is 8.28. The van der Waals surface area contributed by atoms with Gasteiger partial charge in [0.1, 0.15) is 12.4 Å². The number of aromatic hydroxyl groups is 1. The van der Waals surface area contributed by atoms with E-state index in [1.807, 2.05) is 0 Å². The molecule has 0 saturated carbocycles. The van der Waals surface area contributed by atoms with Crippen LogP contribution in [0.2, 0.25) is 0 Å². The van der Waals surface area contributed by atoms with Crippen LogP contribution in [0.25, 0.3) is 0 Å². The van der Waals surface area contributed by atoms with Gasteiger partial charge in [-0.15, -0.1) is 0 Å². The Morgan fingerprint density at radius 3 is 2.38 bits per heavy atom. The molecule has 29 heavy (non-hydrogen) atoms. The Morgan fingerprint density at radius 2 is 1.72 bits per heavy atom. The number of nitro groups is 1. The lowest BCUT2D eigenvalue weighted by Crippen LogP contribution is -2.02. The molecule has 0 atom stereocenters. The van der Waals surface area contributed by atoms with Gasteiger partial charge >= 0.3 is 5.69 Å². The quantitative estimate of drug-likeness (QED) is 0.337. The second-order valence-electron chi connectivity index (χ2n) is 6.01. The molecule has 0 aliphatic heterocycles. The van der Waals surface area contributed by atoms with Crippen molar-refractivity contribution in [2.24, 2.45) is 0 Å². The summed E-state index contributed by atoms with van der Waals surface area (Å²) < 4.78 is 52.5. The van der Waals surface area contributed by atoms with Crippen molar-refractivity contribution in [2.75, 3.05) is 0 Å². The molecule has 6 nitrogen and oxygen atoms in total. The highest BCUT2D eigenvalue weighted by atomic mass is 19.2. The molecular weight excluding hydrogens is 391 g/mol. The van der Waals surface area contributed by atoms with E-state index in [4.69, 9.17) is 9.47 Å². The summed E-state index contributed by atoms with van der Waals surface area (Å²) in [6.07, 6.45) is 0. The summed E-state index contributed by atoms with van der Waals surface area (Å²) in [6, 6.07) is 11.9. The number of benzene rings is 3. The third-order valence-corrected chi connectivity index (χ3v) is 4.07. The summed E-state index contributed by atoms with van der Waals surface area (Å²) in [5, 5.41) is 20.8. The normalized spacial score (nSPS) is 10.6. The zero-order valence-corrected chi connectivity index (χ0v) is 15.0. The van der Waals surface area contributed by atoms with E-state index in [0.717, 1.165) is 30.7 Å². The minimum absolute atomic E-state index is 0.00615. The van der Waals surface area contributed by atoms with Crippen LogP contribution in [0, 0.1) is 34.5 Å². The van der Waals surface area contributed by atoms with E-state index in [-0.39, 0.29) is 18.1 Å². The van der Waals surface area contributed by atoms with Crippen LogP contribution in [0.3, 0.4) is 0 Å². The SMILES string of the molecule is Cc1c(O)c(F)c(Oc2ccc([N+](=O)[O-])c(OCc3ccccc3)c2)c(F)c1F. The highest BCUT2D eigenvalue weighted by molar-refractivity contribution is 5.52. The maximum absolute atomic E-state index is 14.1. The zero-order chi connectivity index (χ0) is 21.1. The topological polar surface area (TPSA) is 81.8 Å². The Kier molecular flexibility index (Phi) is 5.58. The summed E-state index contributed by atoms with van der Waals surface area (Å²) in [6.45, 7) is 0.996. The minimum atomic E-state index is -1.64. The average Bonchev–Trinajstić information content (AvgIpc) is 2.73. The Morgan fingerprint density at radius 1 is 1.03 bits per heavy atom. The zero-order valence-electron chi connectivity index (χ0n) is 15.0. The van der Waals surface area contributed by atoms with Crippen molar-refractivity contribution < 1.29 is 32.7 Å². The van der Waals surface area contributed by atoms with Gasteiger partial charge in [-0.05, 0) is 18.6 Å². The number of rotatable bonds is 6. The average molecular weight is 405 g/mol. The molecule has 0 amide bonds. The van der Waals surface area contributed by atoms with Gasteiger partial charge in [-0.25, -0.2) is 4.39 Å². The molecule has 0 heterocycles. The molecule has 0 aliphatic carbocycles. The third-order valence-electron chi connectivity index (χ3n) is 4.07. The van der Waals surface area contributed by atoms with Crippen molar-refractivity contribution in [2.45, 2.75) is 13.5 Å². The molecule has 3 rings (SSSR count). The monoisotopic (exact) mass is 405 g/mol. The number of phenolic OH excluding ortho intramolecular Hbond substituents is 1. The van der Waals surface area contributed by atoms with Crippen LogP contribution < -0.4 is 9.47 Å². The number of hydrogen-bond acceptors (Lipinski definition) is 5. The van der Waals surface area contributed by atoms with Gasteiger partial charge in [0, 0.05) is 17.7 Å². The number of halogens is 3. The molecule has 0 fully saturated rings. The molecule has 0 unspecified atom stereocenters. The molecule has 150 valence electrons. The number of hydrogen-bond donors (Lipinski definition) is 1. The summed E-state index contributed by atoms with van der Waals surface area (Å²) in [5.74, 6) is -7.33. The van der Waals surface area contributed by atoms with Crippen LogP contribution in [0.4, 0.5) is 18.9 Å². The Hall–Kier alpha value is -3.75. The Bertz CT molecular complexity index is 1040. The van der Waals surface area contributed by atoms with Crippen LogP contribution in [0.5, 0.6) is 23.0 Å². The summed E-state index contributed by atoms with van der Waals surface area (Å²) in [5.41, 5.74) is -0.272. The van der Waals surface area contributed by atoms with Crippen molar-refractivity contribution in [1.82, 2.24) is 0 Å². The molecule has 0 saturated heterocycles. The van der Waals surface area contributed by atoms with Gasteiger partial charge in [0.2, 0.25) is 23.1 Å². The molecule has 0 aliphatic rings. The Labute approximate surface area is 162 Å². The lowest BCUT2D eigenvalue weighted by Gasteiger charge is -2.13. The van der Waals surface area contributed by atoms with Crippen LogP contribution in [-0.2, 0) is 6.61 Å². The largest absolute Gasteiger partial charge is 0.504 e. The first-order valence-corrected chi connectivity index (χ1v) is 8.28. The first-order chi connectivity index (χ1) is 13.8. The minimum Gasteiger partial charge on any atom is -0.504 e. The highest BCUT2D eigenvalue weighted by Crippen LogP contribution is 2.39. The van der Waals surface area contributed by atoms with Crippen LogP contribution in [0.1, 0.15) is 11.1 Å². The van der Waals surface area contributed by atoms with E-state index >= 15 is 0 Å². The van der Waals surface area contributed by atoms with E-state index < -0.39 is 45.1 Å². The van der Waals surface area contributed by atoms with Gasteiger partial charge in [-0.1, -0.05) is 30.3 Å². The highest BCUT2D eigenvalue weighted by Gasteiger charge is 2.25. The summed E-state index contributed by atoms with van der Waals surface area (Å²) in [4.78, 5) is 10.5. The van der Waals surface area contributed by atoms with Crippen molar-refractivity contribution in [1.29, 1.82) is 0 Å². The standard InChI is InChI=1S/C20H14F3NO5/c1-11-16(21)17(22)20(18(23)19(11)25)29-13-7-8-14(24(26)27)15(9-13)28-10-12-5-3-2-4-6-12/h2-9,25H,10H2,1H3. The number of ether oxygens (including phenoxy) is 2. The third kappa shape index (κ3) is 4.08. The van der Waals surface area contributed by atoms with Gasteiger partial charge < -0.3 is 14.6 Å². The summed E-state index contributed by atoms with van der Waals surface area (Å²) in [7, 11) is 0. The van der Waals surface area contributed by atoms with Gasteiger partial charge in [0.05, 0.1) is 4.92 Å². The molecule has 3 aromatic rings. The fraction of sp³-hybridized carbons (Fsp3) is 0.100. The lowest BCUT2D eigenvalue weighted by atomic mass is 10.1. The van der Waals surface area contributed by atoms with Crippen LogP contribution in [-0.4, -0.2) is 10.0 Å². The van der Waals surface area contributed by atoms with E-state index in [1.54, 1.807) is 30.3 Å². The van der Waals surface area contributed by atoms with Gasteiger partial charge in [0.15, 0.2) is 11.6 Å². The number of nitrogens with zero attached hydrogens (tertiary/aromatic N) is 1. The van der Waals surface area contributed by atoms with E-state index in [0.29, 0.717) is 0 Å². The lowest BCUT2D eigenvalue weighted by molar-refractivity contribution is -0.386. The molecule has 1 N–H and O–H groups in total. The molecule has 0 radical (unpaired) electrons. The van der Waals surface area contributed by atoms with Gasteiger partial charge in [-0.3, -0.25) is 10.1 Å². The number of nitro benzene ring substituents is 1. The van der Waals surface area contributed by atoms with E-state index in [9.17, 15) is 28.4 Å². The summed E-state index contributed by atoms with van der Waals surface area (Å²) >= 11 is 0. The van der Waals surface area contributed by atoms with Crippen molar-refractivity contribution >= 4 is 5.69 Å². The van der Waals surface area contributed by atoms with Gasteiger partial charge in [-0.2, -0.15) is 8.78 Å². The van der Waals surface area contributed by atoms with E-state index in [1.165, 1.54) is 0 Å². The second-order valence-corrected chi connectivity index (χ2v) is 6.01. The molecule has 9 heteroatoms. The van der Waals surface area contributed by atoms with Crippen molar-refractivity contribution in [3.8, 4) is 23.0 Å². The predicted molar refractivity (Wildman–Crippen MR) is 96.7 cm³/mol. The van der Waals surface area contributed by atoms with Crippen LogP contribution in [0.15, 0.2) is 48.5 Å². The fourth-order valence-electron chi connectivity index (χ4n) is 2.50. The smallest absolute Gasteiger partial charge is 0.311 e. The Balaban J connectivity index is 1.94. The molecule has 3 aromatic carbocycles. The maximum Gasteiger partial charge on any atom is 0.311 e. The maximum atomic E-state index is 14.1. The van der Waals surface area contributed by atoms with E-state index in [2.05, 4.69) is 0 Å². The predicted octanol–water partition coefficient (Wildman–Crippen LogP) is 5.40. The van der Waals surface area contributed by atoms with Crippen LogP contribution >= 0.6 is 0 Å². The molecule has 0 spiro atoms. The van der Waals surface area contributed by atoms with Crippen molar-refractivity contribution in [3.05, 3.63) is 87.2 Å². The first kappa shape index (κ1) is 20.0. The number of phenols is 1. The second kappa shape index (κ2) is 8.09. The molecule has 0 aromatic heterocycles. The fourth-order valence-corrected chi connectivity index (χ4v) is 2.50. The molecule has 0 bridgehead atoms. The van der Waals surface area contributed by atoms with Crippen molar-refractivity contribution in [3.63, 3.8) is 0 Å². The molecular formula is C20H14F3NO5. The van der Waals surface area contributed by atoms with Gasteiger partial charge in [0.25, 0.3) is 0 Å².